The van der Waals surface area contributed by atoms with Crippen molar-refractivity contribution in [2.24, 2.45) is 0 Å². The highest BCUT2D eigenvalue weighted by atomic mass is 16.8. The number of hydrogen-bond donors (Lipinski definition) is 19. The summed E-state index contributed by atoms with van der Waals surface area (Å²) in [5, 5.41) is 181. The SMILES string of the molecule is CC(=O)NC1C(O)[C@H](O)C(CO)O[C@H]1OC1C(O)[C@H](O)C(CO)O[C@@H]1OC1C(O)[C@H](O[C@H]2C(CO)O[C@@H](O[C@@H]3C(CO)O[C@@H](C)C(NC(C)=O)C3O)C(NC(C)=O)C2O)OC(CO[C@H]2OC(CO)[C@@H](O)C(O)C2O)[C@H]1O. The fourth-order valence-corrected chi connectivity index (χ4v) is 9.86. The summed E-state index contributed by atoms with van der Waals surface area (Å²) in [6, 6.07) is -4.47. The molecule has 0 radical (unpaired) electrons. The molecule has 6 heterocycles. The van der Waals surface area contributed by atoms with Crippen molar-refractivity contribution < 1.29 is 148 Å². The Kier molecular flexibility index (Phi) is 22.4. The zero-order valence-corrected chi connectivity index (χ0v) is 41.4. The van der Waals surface area contributed by atoms with Gasteiger partial charge in [-0.3, -0.25) is 14.4 Å². The molecule has 18 unspecified atom stereocenters. The van der Waals surface area contributed by atoms with Gasteiger partial charge in [0.05, 0.1) is 51.8 Å². The van der Waals surface area contributed by atoms with Gasteiger partial charge in [-0.1, -0.05) is 0 Å². The molecule has 33 nitrogen and oxygen atoms in total. The van der Waals surface area contributed by atoms with Gasteiger partial charge in [0.25, 0.3) is 0 Å². The van der Waals surface area contributed by atoms with E-state index in [2.05, 4.69) is 16.0 Å². The number of aliphatic hydroxyl groups is 16. The van der Waals surface area contributed by atoms with Gasteiger partial charge in [-0.2, -0.15) is 0 Å². The van der Waals surface area contributed by atoms with Gasteiger partial charge in [0.15, 0.2) is 31.5 Å². The predicted octanol–water partition coefficient (Wildman–Crippen LogP) is -12.6. The Labute approximate surface area is 432 Å². The molecule has 0 aromatic heterocycles. The topological polar surface area (TPSA) is 513 Å². The van der Waals surface area contributed by atoms with E-state index in [-0.39, 0.29) is 0 Å². The second-order valence-electron chi connectivity index (χ2n) is 19.3. The molecule has 0 aliphatic carbocycles. The molecule has 19 N–H and O–H groups in total. The summed E-state index contributed by atoms with van der Waals surface area (Å²) < 4.78 is 64.4. The van der Waals surface area contributed by atoms with Crippen molar-refractivity contribution in [3.8, 4) is 0 Å². The number of amides is 3. The normalized spacial score (nSPS) is 48.2. The van der Waals surface area contributed by atoms with Crippen molar-refractivity contribution >= 4 is 17.7 Å². The van der Waals surface area contributed by atoms with Gasteiger partial charge in [0.2, 0.25) is 17.7 Å². The summed E-state index contributed by atoms with van der Waals surface area (Å²) >= 11 is 0. The van der Waals surface area contributed by atoms with Crippen LogP contribution in [0.15, 0.2) is 0 Å². The van der Waals surface area contributed by atoms with Gasteiger partial charge >= 0.3 is 0 Å². The minimum Gasteiger partial charge on any atom is -0.394 e. The van der Waals surface area contributed by atoms with Crippen LogP contribution in [0, 0.1) is 0 Å². The van der Waals surface area contributed by atoms with Gasteiger partial charge in [-0.15, -0.1) is 0 Å². The number of hydrogen-bond acceptors (Lipinski definition) is 30. The smallest absolute Gasteiger partial charge is 0.217 e. The average Bonchev–Trinajstić information content (AvgIpc) is 3.37. The Bertz CT molecular complexity index is 1870. The minimum atomic E-state index is -2.32. The molecule has 0 saturated carbocycles. The Morgan fingerprint density at radius 3 is 1.26 bits per heavy atom. The third-order valence-corrected chi connectivity index (χ3v) is 13.9. The first-order valence-electron chi connectivity index (χ1n) is 24.4. The molecule has 0 bridgehead atoms. The molecule has 6 fully saturated rings. The summed E-state index contributed by atoms with van der Waals surface area (Å²) in [5.74, 6) is -2.16. The van der Waals surface area contributed by atoms with Crippen LogP contribution in [0.3, 0.4) is 0 Å². The number of carbonyl (C=O) groups excluding carboxylic acids is 3. The average molecular weight is 1110 g/mol. The first kappa shape index (κ1) is 62.5. The van der Waals surface area contributed by atoms with E-state index in [1.807, 2.05) is 0 Å². The number of aliphatic hydroxyl groups excluding tert-OH is 16. The fraction of sp³-hybridized carbons (Fsp3) is 0.930. The van der Waals surface area contributed by atoms with Gasteiger partial charge < -0.3 is 150 Å². The number of nitrogens with one attached hydrogen (secondary N) is 3. The fourth-order valence-electron chi connectivity index (χ4n) is 9.86. The van der Waals surface area contributed by atoms with E-state index < -0.39 is 241 Å². The molecule has 0 aromatic rings. The molecule has 30 atom stereocenters. The Morgan fingerprint density at radius 1 is 0.355 bits per heavy atom. The summed E-state index contributed by atoms with van der Waals surface area (Å²) in [7, 11) is 0. The Balaban J connectivity index is 1.33. The second-order valence-corrected chi connectivity index (χ2v) is 19.3. The van der Waals surface area contributed by atoms with Gasteiger partial charge in [-0.25, -0.2) is 0 Å². The van der Waals surface area contributed by atoms with Crippen LogP contribution < -0.4 is 16.0 Å². The van der Waals surface area contributed by atoms with Crippen molar-refractivity contribution in [3.63, 3.8) is 0 Å². The number of ether oxygens (including phenoxy) is 11. The van der Waals surface area contributed by atoms with Crippen LogP contribution in [0.2, 0.25) is 0 Å². The quantitative estimate of drug-likeness (QED) is 0.0571. The summed E-state index contributed by atoms with van der Waals surface area (Å²) in [6.07, 6.45) is -49.9. The van der Waals surface area contributed by atoms with Crippen LogP contribution in [0.25, 0.3) is 0 Å². The molecule has 6 rings (SSSR count). The maximum Gasteiger partial charge on any atom is 0.217 e. The first-order chi connectivity index (χ1) is 35.9. The highest BCUT2D eigenvalue weighted by Crippen LogP contribution is 2.37. The van der Waals surface area contributed by atoms with E-state index in [9.17, 15) is 96.1 Å². The van der Waals surface area contributed by atoms with Crippen LogP contribution >= 0.6 is 0 Å². The van der Waals surface area contributed by atoms with E-state index in [0.717, 1.165) is 13.8 Å². The molecule has 440 valence electrons. The van der Waals surface area contributed by atoms with Crippen LogP contribution in [0.5, 0.6) is 0 Å². The monoisotopic (exact) mass is 1110 g/mol. The predicted molar refractivity (Wildman–Crippen MR) is 237 cm³/mol. The van der Waals surface area contributed by atoms with Crippen molar-refractivity contribution in [2.45, 2.75) is 212 Å². The van der Waals surface area contributed by atoms with Crippen molar-refractivity contribution in [3.05, 3.63) is 0 Å². The lowest BCUT2D eigenvalue weighted by atomic mass is 9.92. The van der Waals surface area contributed by atoms with Gasteiger partial charge in [0.1, 0.15) is 140 Å². The van der Waals surface area contributed by atoms with Crippen molar-refractivity contribution in [1.82, 2.24) is 16.0 Å². The summed E-state index contributed by atoms with van der Waals surface area (Å²) in [4.78, 5) is 36.9. The Hall–Kier alpha value is -2.67. The lowest BCUT2D eigenvalue weighted by Gasteiger charge is -2.51. The largest absolute Gasteiger partial charge is 0.394 e. The molecule has 33 heteroatoms. The lowest BCUT2D eigenvalue weighted by Crippen LogP contribution is -2.70. The zero-order valence-electron chi connectivity index (χ0n) is 41.4. The lowest BCUT2D eigenvalue weighted by molar-refractivity contribution is -0.394. The second kappa shape index (κ2) is 27.2. The van der Waals surface area contributed by atoms with Crippen LogP contribution in [-0.4, -0.2) is 323 Å². The Morgan fingerprint density at radius 2 is 0.737 bits per heavy atom. The number of carbonyl (C=O) groups is 3. The van der Waals surface area contributed by atoms with E-state index >= 15 is 0 Å². The molecule has 3 amide bonds. The summed E-state index contributed by atoms with van der Waals surface area (Å²) in [5.41, 5.74) is 0. The molecule has 0 spiro atoms. The molecule has 6 aliphatic rings. The molecular formula is C43H73N3O30. The van der Waals surface area contributed by atoms with Crippen LogP contribution in [-0.2, 0) is 66.5 Å². The molecule has 76 heavy (non-hydrogen) atoms. The van der Waals surface area contributed by atoms with Gasteiger partial charge in [-0.05, 0) is 6.92 Å². The van der Waals surface area contributed by atoms with Gasteiger partial charge in [0, 0.05) is 20.8 Å². The summed E-state index contributed by atoms with van der Waals surface area (Å²) in [6.45, 7) is -0.761. The highest BCUT2D eigenvalue weighted by Gasteiger charge is 2.58. The van der Waals surface area contributed by atoms with E-state index in [1.54, 1.807) is 0 Å². The molecular weight excluding hydrogens is 1040 g/mol. The minimum absolute atomic E-state index is 0.563. The first-order valence-corrected chi connectivity index (χ1v) is 24.4. The maximum atomic E-state index is 12.7. The molecule has 6 saturated heterocycles. The zero-order chi connectivity index (χ0) is 56.2. The van der Waals surface area contributed by atoms with Crippen LogP contribution in [0.4, 0.5) is 0 Å². The molecule has 6 aliphatic heterocycles. The maximum absolute atomic E-state index is 12.7. The number of rotatable bonds is 19. The highest BCUT2D eigenvalue weighted by molar-refractivity contribution is 5.74. The van der Waals surface area contributed by atoms with Crippen molar-refractivity contribution in [1.29, 1.82) is 0 Å². The van der Waals surface area contributed by atoms with Crippen molar-refractivity contribution in [2.75, 3.05) is 39.6 Å². The molecule has 0 aromatic carbocycles. The van der Waals surface area contributed by atoms with E-state index in [1.165, 1.54) is 13.8 Å². The third-order valence-electron chi connectivity index (χ3n) is 13.9. The van der Waals surface area contributed by atoms with E-state index in [0.29, 0.717) is 0 Å². The van der Waals surface area contributed by atoms with E-state index in [4.69, 9.17) is 52.1 Å². The third kappa shape index (κ3) is 13.7. The van der Waals surface area contributed by atoms with Crippen LogP contribution in [0.1, 0.15) is 27.7 Å². The standard InChI is InChI=1S/C43H73N3O30/c1-11-21(44-12(2)52)29(60)35(18(8-50)67-11)73-40-23(46-14(4)54)30(61)36(19(9-51)71-40)74-42-34(65)37(27(58)20(72-42)10-66-41-33(64)31(62)25(56)16(6-48)69-41)75-43-38(32(63)26(57)17(7-49)70-43)76-39-22(45-13(3)53)28(59)24(55)15(5-47)68-39/h11,15-43,47-51,55-65H,5-10H2,1-4H3,(H,44,52)(H,45,53)(H,46,54)/t11-,15?,16?,17?,18?,19?,20?,21?,22?,23?,24+,25+,26+,27+,28?,29?,30?,31?,32?,33?,34?,35+,36-,37?,38?,39-,40-,41-,42-,43+/m0/s1.